The maximum Gasteiger partial charge on any atom is 0.407 e. The van der Waals surface area contributed by atoms with Crippen LogP contribution in [0, 0.1) is 0 Å². The summed E-state index contributed by atoms with van der Waals surface area (Å²) >= 11 is 6.52. The van der Waals surface area contributed by atoms with E-state index in [4.69, 9.17) is 26.2 Å². The van der Waals surface area contributed by atoms with Crippen molar-refractivity contribution in [2.45, 2.75) is 77.8 Å². The molecule has 2 heterocycles. The van der Waals surface area contributed by atoms with Crippen molar-refractivity contribution >= 4 is 41.2 Å². The molecule has 42 heavy (non-hydrogen) atoms. The Hall–Kier alpha value is -3.64. The Kier molecular flexibility index (Phi) is 11.3. The van der Waals surface area contributed by atoms with Crippen LogP contribution in [0.3, 0.4) is 0 Å². The number of piperidine rings is 1. The Labute approximate surface area is 251 Å². The molecule has 2 amide bonds. The normalized spacial score (nSPS) is 16.0. The van der Waals surface area contributed by atoms with E-state index in [1.807, 2.05) is 23.1 Å². The molecular weight excluding hydrogens is 566 g/mol. The largest absolute Gasteiger partial charge is 0.469 e. The van der Waals surface area contributed by atoms with E-state index in [0.29, 0.717) is 29.5 Å². The van der Waals surface area contributed by atoms with Crippen LogP contribution in [-0.4, -0.2) is 78.5 Å². The van der Waals surface area contributed by atoms with Crippen molar-refractivity contribution < 1.29 is 33.4 Å². The van der Waals surface area contributed by atoms with Gasteiger partial charge in [0, 0.05) is 43.2 Å². The van der Waals surface area contributed by atoms with Gasteiger partial charge in [-0.25, -0.2) is 9.48 Å². The molecule has 1 fully saturated rings. The van der Waals surface area contributed by atoms with Crippen LogP contribution in [0.5, 0.6) is 0 Å². The second-order valence-corrected chi connectivity index (χ2v) is 11.6. The maximum absolute atomic E-state index is 13.7. The topological polar surface area (TPSA) is 141 Å². The first-order valence-electron chi connectivity index (χ1n) is 13.8. The molecule has 2 aromatic rings. The van der Waals surface area contributed by atoms with Crippen LogP contribution in [0.15, 0.2) is 24.3 Å². The fourth-order valence-electron chi connectivity index (χ4n) is 4.68. The predicted molar refractivity (Wildman–Crippen MR) is 157 cm³/mol. The van der Waals surface area contributed by atoms with E-state index in [1.165, 1.54) is 25.8 Å². The van der Waals surface area contributed by atoms with Gasteiger partial charge in [0.1, 0.15) is 24.4 Å². The number of carbonyl (C=O) groups is 4. The number of carbonyl (C=O) groups excluding carboxylic acids is 4. The first-order chi connectivity index (χ1) is 19.8. The summed E-state index contributed by atoms with van der Waals surface area (Å²) in [6.45, 7) is 7.97. The van der Waals surface area contributed by atoms with E-state index < -0.39 is 41.8 Å². The highest BCUT2D eigenvalue weighted by Crippen LogP contribution is 2.31. The summed E-state index contributed by atoms with van der Waals surface area (Å²) in [6.07, 6.45) is 0.825. The van der Waals surface area contributed by atoms with Crippen LogP contribution in [0.25, 0.3) is 0 Å². The molecule has 13 heteroatoms. The lowest BCUT2D eigenvalue weighted by Crippen LogP contribution is -2.49. The van der Waals surface area contributed by atoms with Crippen molar-refractivity contribution in [1.82, 2.24) is 20.4 Å². The van der Waals surface area contributed by atoms with Crippen LogP contribution in [-0.2, 0) is 37.0 Å². The predicted octanol–water partition coefficient (Wildman–Crippen LogP) is 3.48. The highest BCUT2D eigenvalue weighted by Gasteiger charge is 2.32. The van der Waals surface area contributed by atoms with E-state index in [-0.39, 0.29) is 24.9 Å². The third kappa shape index (κ3) is 8.93. The smallest absolute Gasteiger partial charge is 0.407 e. The summed E-state index contributed by atoms with van der Waals surface area (Å²) in [5.41, 5.74) is 0.938. The number of anilines is 1. The maximum atomic E-state index is 13.7. The van der Waals surface area contributed by atoms with Crippen LogP contribution >= 0.6 is 11.6 Å². The van der Waals surface area contributed by atoms with E-state index >= 15 is 0 Å². The number of halogens is 1. The van der Waals surface area contributed by atoms with Crippen molar-refractivity contribution in [2.24, 2.45) is 0 Å². The second kappa shape index (κ2) is 14.5. The number of rotatable bonds is 11. The van der Waals surface area contributed by atoms with Crippen molar-refractivity contribution in [1.29, 1.82) is 0 Å². The lowest BCUT2D eigenvalue weighted by Gasteiger charge is -2.34. The zero-order chi connectivity index (χ0) is 31.0. The molecule has 0 saturated carbocycles. The molecule has 1 unspecified atom stereocenters. The summed E-state index contributed by atoms with van der Waals surface area (Å²) in [5, 5.41) is 10.9. The molecule has 230 valence electrons. The number of benzene rings is 1. The fourth-order valence-corrected chi connectivity index (χ4v) is 4.88. The highest BCUT2D eigenvalue weighted by atomic mass is 35.5. The summed E-state index contributed by atoms with van der Waals surface area (Å²) < 4.78 is 16.8. The van der Waals surface area contributed by atoms with Crippen LogP contribution < -0.4 is 15.5 Å². The number of ketones is 1. The number of esters is 1. The third-order valence-corrected chi connectivity index (χ3v) is 7.01. The quantitative estimate of drug-likeness (QED) is 0.291. The molecule has 1 aliphatic rings. The Morgan fingerprint density at radius 1 is 1.17 bits per heavy atom. The molecular formula is C29H40ClN5O7. The van der Waals surface area contributed by atoms with Gasteiger partial charge in [0.05, 0.1) is 13.2 Å². The highest BCUT2D eigenvalue weighted by molar-refractivity contribution is 6.31. The number of aromatic nitrogens is 2. The minimum atomic E-state index is -0.962. The van der Waals surface area contributed by atoms with Crippen LogP contribution in [0.1, 0.15) is 68.6 Å². The van der Waals surface area contributed by atoms with Crippen LogP contribution in [0.2, 0.25) is 5.02 Å². The third-order valence-electron chi connectivity index (χ3n) is 6.64. The number of ether oxygens (including phenoxy) is 3. The van der Waals surface area contributed by atoms with Gasteiger partial charge in [0.15, 0.2) is 11.6 Å². The fraction of sp³-hybridized carbons (Fsp3) is 0.552. The molecule has 1 saturated heterocycles. The Morgan fingerprint density at radius 2 is 1.88 bits per heavy atom. The Bertz CT molecular complexity index is 1290. The van der Waals surface area contributed by atoms with Gasteiger partial charge in [-0.15, -0.1) is 0 Å². The summed E-state index contributed by atoms with van der Waals surface area (Å²) in [6, 6.07) is 6.15. The number of nitrogens with zero attached hydrogens (tertiary/aromatic N) is 3. The van der Waals surface area contributed by atoms with Gasteiger partial charge in [0.2, 0.25) is 0 Å². The zero-order valence-corrected chi connectivity index (χ0v) is 25.7. The molecule has 1 aromatic carbocycles. The standard InChI is InChI=1S/C29H40ClN5O7/c1-18(23(36)15-24(37)41-6)31-27(38)25-21(14-19-10-7-8-12-22(19)30)26(33-35(25)17-40-5)34-13-9-11-20(16-34)32-28(39)42-29(2,3)4/h7-8,10,12,18,20H,9,11,13-17H2,1-6H3,(H,31,38)(H,32,39)/t18?,20-/m1/s1. The molecule has 0 aliphatic carbocycles. The van der Waals surface area contributed by atoms with Gasteiger partial charge in [-0.3, -0.25) is 14.4 Å². The van der Waals surface area contributed by atoms with Crippen molar-refractivity contribution in [3.63, 3.8) is 0 Å². The van der Waals surface area contributed by atoms with E-state index in [9.17, 15) is 19.2 Å². The lowest BCUT2D eigenvalue weighted by molar-refractivity contribution is -0.143. The Balaban J connectivity index is 1.98. The monoisotopic (exact) mass is 605 g/mol. The SMILES string of the molecule is COCn1nc(N2CCC[C@@H](NC(=O)OC(C)(C)C)C2)c(Cc2ccccc2Cl)c1C(=O)NC(C)C(=O)CC(=O)OC. The zero-order valence-electron chi connectivity index (χ0n) is 25.0. The van der Waals surface area contributed by atoms with Crippen LogP contribution in [0.4, 0.5) is 10.6 Å². The number of Topliss-reactive ketones (excluding diaryl/α,β-unsaturated/α-hetero) is 1. The minimum Gasteiger partial charge on any atom is -0.469 e. The summed E-state index contributed by atoms with van der Waals surface area (Å²) in [5.74, 6) is -1.19. The number of amides is 2. The van der Waals surface area contributed by atoms with Gasteiger partial charge in [0.25, 0.3) is 5.91 Å². The first-order valence-corrected chi connectivity index (χ1v) is 14.2. The molecule has 1 aromatic heterocycles. The van der Waals surface area contributed by atoms with Crippen molar-refractivity contribution in [3.05, 3.63) is 46.1 Å². The molecule has 2 atom stereocenters. The number of nitrogens with one attached hydrogen (secondary N) is 2. The lowest BCUT2D eigenvalue weighted by atomic mass is 10.0. The van der Waals surface area contributed by atoms with Gasteiger partial charge in [-0.1, -0.05) is 29.8 Å². The number of hydrogen-bond donors (Lipinski definition) is 2. The van der Waals surface area contributed by atoms with Gasteiger partial charge in [-0.2, -0.15) is 5.10 Å². The average molecular weight is 606 g/mol. The minimum absolute atomic E-state index is 0.0316. The van der Waals surface area contributed by atoms with Gasteiger partial charge < -0.3 is 29.7 Å². The Morgan fingerprint density at radius 3 is 2.52 bits per heavy atom. The van der Waals surface area contributed by atoms with E-state index in [2.05, 4.69) is 15.4 Å². The summed E-state index contributed by atoms with van der Waals surface area (Å²) in [7, 11) is 2.68. The first kappa shape index (κ1) is 32.9. The number of methoxy groups -OCH3 is 2. The summed E-state index contributed by atoms with van der Waals surface area (Å²) in [4.78, 5) is 52.4. The molecule has 12 nitrogen and oxygen atoms in total. The molecule has 1 aliphatic heterocycles. The second-order valence-electron chi connectivity index (χ2n) is 11.2. The molecule has 0 spiro atoms. The molecule has 3 rings (SSSR count). The number of hydrogen-bond acceptors (Lipinski definition) is 9. The van der Waals surface area contributed by atoms with Crippen molar-refractivity contribution in [2.75, 3.05) is 32.2 Å². The van der Waals surface area contributed by atoms with E-state index in [1.54, 1.807) is 26.8 Å². The molecule has 2 N–H and O–H groups in total. The van der Waals surface area contributed by atoms with Crippen molar-refractivity contribution in [3.8, 4) is 0 Å². The number of alkyl carbamates (subject to hydrolysis) is 1. The molecule has 0 bridgehead atoms. The van der Waals surface area contributed by atoms with Gasteiger partial charge in [-0.05, 0) is 52.2 Å². The average Bonchev–Trinajstić information content (AvgIpc) is 3.26. The molecule has 0 radical (unpaired) electrons. The van der Waals surface area contributed by atoms with E-state index in [0.717, 1.165) is 18.4 Å². The van der Waals surface area contributed by atoms with Gasteiger partial charge >= 0.3 is 12.1 Å².